The molecule has 0 saturated carbocycles. The van der Waals surface area contributed by atoms with Crippen molar-refractivity contribution in [2.75, 3.05) is 35.9 Å². The number of morpholine rings is 1. The molecule has 1 aliphatic rings. The van der Waals surface area contributed by atoms with E-state index in [1.807, 2.05) is 4.72 Å². The molecular weight excluding hydrogens is 454 g/mol. The van der Waals surface area contributed by atoms with Gasteiger partial charge in [0, 0.05) is 13.1 Å². The second-order valence-corrected chi connectivity index (χ2v) is 8.08. The first-order valence-corrected chi connectivity index (χ1v) is 10.3. The zero-order valence-corrected chi connectivity index (χ0v) is 16.4. The van der Waals surface area contributed by atoms with Crippen molar-refractivity contribution in [3.05, 3.63) is 48.0 Å². The molecule has 0 bridgehead atoms. The molecule has 1 heterocycles. The SMILES string of the molecule is O=S(=O)(Nc1cc(C(F)(F)F)ccc1N1CCOCC1)c1ccccc1OC(F)(F)F. The lowest BCUT2D eigenvalue weighted by Gasteiger charge is -2.31. The number of benzene rings is 2. The second kappa shape index (κ2) is 8.46. The fraction of sp³-hybridized carbons (Fsp3) is 0.333. The number of anilines is 2. The summed E-state index contributed by atoms with van der Waals surface area (Å²) in [4.78, 5) is 0.734. The van der Waals surface area contributed by atoms with Gasteiger partial charge in [0.15, 0.2) is 0 Å². The number of sulfonamides is 1. The van der Waals surface area contributed by atoms with Crippen LogP contribution >= 0.6 is 0 Å². The van der Waals surface area contributed by atoms with Crippen molar-refractivity contribution in [2.45, 2.75) is 17.4 Å². The van der Waals surface area contributed by atoms with Crippen LogP contribution in [0, 0.1) is 0 Å². The molecule has 1 saturated heterocycles. The van der Waals surface area contributed by atoms with Crippen molar-refractivity contribution in [2.24, 2.45) is 0 Å². The predicted octanol–water partition coefficient (Wildman–Crippen LogP) is 4.24. The highest BCUT2D eigenvalue weighted by Gasteiger charge is 2.35. The molecule has 0 spiro atoms. The van der Waals surface area contributed by atoms with Crippen molar-refractivity contribution < 1.29 is 44.2 Å². The van der Waals surface area contributed by atoms with Gasteiger partial charge in [0.05, 0.1) is 30.2 Å². The van der Waals surface area contributed by atoms with Gasteiger partial charge in [-0.05, 0) is 30.3 Å². The first-order valence-electron chi connectivity index (χ1n) is 8.78. The number of nitrogens with one attached hydrogen (secondary N) is 1. The van der Waals surface area contributed by atoms with Crippen molar-refractivity contribution in [1.29, 1.82) is 0 Å². The highest BCUT2D eigenvalue weighted by Crippen LogP contribution is 2.38. The maximum absolute atomic E-state index is 13.2. The molecule has 1 N–H and O–H groups in total. The van der Waals surface area contributed by atoms with Gasteiger partial charge >= 0.3 is 12.5 Å². The Morgan fingerprint density at radius 3 is 2.23 bits per heavy atom. The molecule has 2 aromatic rings. The van der Waals surface area contributed by atoms with E-state index >= 15 is 0 Å². The number of halogens is 6. The molecule has 6 nitrogen and oxygen atoms in total. The Morgan fingerprint density at radius 1 is 0.968 bits per heavy atom. The summed E-state index contributed by atoms with van der Waals surface area (Å²) in [5.41, 5.74) is -1.42. The number of alkyl halides is 6. The summed E-state index contributed by atoms with van der Waals surface area (Å²) in [6.45, 7) is 1.12. The smallest absolute Gasteiger partial charge is 0.404 e. The van der Waals surface area contributed by atoms with Crippen LogP contribution < -0.4 is 14.4 Å². The summed E-state index contributed by atoms with van der Waals surface area (Å²) in [6.07, 6.45) is -9.93. The minimum Gasteiger partial charge on any atom is -0.404 e. The lowest BCUT2D eigenvalue weighted by Crippen LogP contribution is -2.37. The standard InChI is InChI=1S/C18H16F6N2O4S/c19-17(20,21)12-5-6-14(26-7-9-29-10-8-26)13(11-12)25-31(27,28)16-4-2-1-3-15(16)30-18(22,23)24/h1-6,11,25H,7-10H2. The number of hydrogen-bond acceptors (Lipinski definition) is 5. The van der Waals surface area contributed by atoms with E-state index in [-0.39, 0.29) is 32.0 Å². The summed E-state index contributed by atoms with van der Waals surface area (Å²) in [7, 11) is -4.74. The molecule has 0 atom stereocenters. The van der Waals surface area contributed by atoms with Crippen LogP contribution in [0.1, 0.15) is 5.56 Å². The lowest BCUT2D eigenvalue weighted by molar-refractivity contribution is -0.275. The van der Waals surface area contributed by atoms with E-state index in [2.05, 4.69) is 4.74 Å². The third-order valence-corrected chi connectivity index (χ3v) is 5.69. The topological polar surface area (TPSA) is 67.9 Å². The van der Waals surface area contributed by atoms with Gasteiger partial charge in [0.2, 0.25) is 0 Å². The van der Waals surface area contributed by atoms with E-state index in [1.54, 1.807) is 4.90 Å². The van der Waals surface area contributed by atoms with Gasteiger partial charge in [-0.15, -0.1) is 13.2 Å². The third-order valence-electron chi connectivity index (χ3n) is 4.28. The number of para-hydroxylation sites is 1. The molecule has 0 aromatic heterocycles. The quantitative estimate of drug-likeness (QED) is 0.663. The van der Waals surface area contributed by atoms with Gasteiger partial charge in [0.1, 0.15) is 10.6 Å². The number of ether oxygens (including phenoxy) is 2. The minimum atomic E-state index is -5.17. The molecule has 170 valence electrons. The number of nitrogens with zero attached hydrogens (tertiary/aromatic N) is 1. The maximum Gasteiger partial charge on any atom is 0.573 e. The van der Waals surface area contributed by atoms with Crippen LogP contribution in [0.4, 0.5) is 37.7 Å². The van der Waals surface area contributed by atoms with Crippen LogP contribution in [0.5, 0.6) is 5.75 Å². The molecule has 0 amide bonds. The summed E-state index contributed by atoms with van der Waals surface area (Å²) in [5, 5.41) is 0. The van der Waals surface area contributed by atoms with Crippen molar-refractivity contribution in [3.8, 4) is 5.75 Å². The zero-order valence-electron chi connectivity index (χ0n) is 15.6. The van der Waals surface area contributed by atoms with Gasteiger partial charge < -0.3 is 14.4 Å². The van der Waals surface area contributed by atoms with Crippen LogP contribution in [-0.4, -0.2) is 41.1 Å². The molecule has 0 unspecified atom stereocenters. The summed E-state index contributed by atoms with van der Waals surface area (Å²) in [5.74, 6) is -1.01. The Bertz CT molecular complexity index is 1030. The average Bonchev–Trinajstić information content (AvgIpc) is 2.66. The summed E-state index contributed by atoms with van der Waals surface area (Å²) < 4.78 is 114. The first-order chi connectivity index (χ1) is 14.4. The Morgan fingerprint density at radius 2 is 1.61 bits per heavy atom. The van der Waals surface area contributed by atoms with Gasteiger partial charge in [-0.2, -0.15) is 13.2 Å². The highest BCUT2D eigenvalue weighted by molar-refractivity contribution is 7.92. The van der Waals surface area contributed by atoms with Crippen LogP contribution in [0.2, 0.25) is 0 Å². The molecule has 0 aliphatic carbocycles. The zero-order chi connectivity index (χ0) is 22.9. The fourth-order valence-electron chi connectivity index (χ4n) is 2.96. The van der Waals surface area contributed by atoms with Crippen molar-refractivity contribution >= 4 is 21.4 Å². The summed E-state index contributed by atoms with van der Waals surface area (Å²) in [6, 6.07) is 6.42. The van der Waals surface area contributed by atoms with Crippen molar-refractivity contribution in [1.82, 2.24) is 0 Å². The molecule has 1 fully saturated rings. The fourth-order valence-corrected chi connectivity index (χ4v) is 4.15. The average molecular weight is 470 g/mol. The molecule has 1 aliphatic heterocycles. The number of rotatable bonds is 5. The normalized spacial score (nSPS) is 15.6. The van der Waals surface area contributed by atoms with Crippen LogP contribution in [0.3, 0.4) is 0 Å². The minimum absolute atomic E-state index is 0.133. The molecule has 13 heteroatoms. The maximum atomic E-state index is 13.2. The third kappa shape index (κ3) is 5.73. The molecular formula is C18H16F6N2O4S. The Kier molecular flexibility index (Phi) is 6.28. The highest BCUT2D eigenvalue weighted by atomic mass is 32.2. The first kappa shape index (κ1) is 23.0. The Hall–Kier alpha value is -2.67. The van der Waals surface area contributed by atoms with E-state index in [0.717, 1.165) is 36.4 Å². The van der Waals surface area contributed by atoms with Crippen molar-refractivity contribution in [3.63, 3.8) is 0 Å². The molecule has 3 rings (SSSR count). The monoisotopic (exact) mass is 470 g/mol. The number of hydrogen-bond donors (Lipinski definition) is 1. The lowest BCUT2D eigenvalue weighted by atomic mass is 10.1. The van der Waals surface area contributed by atoms with Gasteiger partial charge in [-0.1, -0.05) is 12.1 Å². The van der Waals surface area contributed by atoms with E-state index in [9.17, 15) is 34.8 Å². The van der Waals surface area contributed by atoms with Gasteiger partial charge in [0.25, 0.3) is 10.0 Å². The van der Waals surface area contributed by atoms with Crippen LogP contribution in [0.25, 0.3) is 0 Å². The molecule has 31 heavy (non-hydrogen) atoms. The Labute approximate surface area is 173 Å². The van der Waals surface area contributed by atoms with E-state index in [1.165, 1.54) is 0 Å². The van der Waals surface area contributed by atoms with E-state index < -0.39 is 44.5 Å². The van der Waals surface area contributed by atoms with Crippen LogP contribution in [0.15, 0.2) is 47.4 Å². The second-order valence-electron chi connectivity index (χ2n) is 6.43. The molecule has 2 aromatic carbocycles. The largest absolute Gasteiger partial charge is 0.573 e. The van der Waals surface area contributed by atoms with E-state index in [0.29, 0.717) is 6.07 Å². The van der Waals surface area contributed by atoms with E-state index in [4.69, 9.17) is 4.74 Å². The molecule has 0 radical (unpaired) electrons. The predicted molar refractivity (Wildman–Crippen MR) is 98.4 cm³/mol. The van der Waals surface area contributed by atoms with Gasteiger partial charge in [-0.3, -0.25) is 4.72 Å². The van der Waals surface area contributed by atoms with Gasteiger partial charge in [-0.25, -0.2) is 8.42 Å². The Balaban J connectivity index is 2.04. The van der Waals surface area contributed by atoms with Crippen LogP contribution in [-0.2, 0) is 20.9 Å². The summed E-state index contributed by atoms with van der Waals surface area (Å²) >= 11 is 0.